The molecule has 0 unspecified atom stereocenters. The zero-order valence-corrected chi connectivity index (χ0v) is 34.6. The molecule has 2 heterocycles. The molecule has 0 radical (unpaired) electrons. The van der Waals surface area contributed by atoms with Crippen LogP contribution in [0.1, 0.15) is 22.3 Å². The molecule has 0 amide bonds. The molecular formula is C59H38N2S. The van der Waals surface area contributed by atoms with Crippen molar-refractivity contribution in [3.63, 3.8) is 0 Å². The van der Waals surface area contributed by atoms with Gasteiger partial charge < -0.3 is 0 Å². The van der Waals surface area contributed by atoms with Gasteiger partial charge >= 0.3 is 0 Å². The molecule has 0 saturated heterocycles. The number of fused-ring (bicyclic) bond motifs is 6. The number of aromatic nitrogens is 2. The molecule has 0 aliphatic heterocycles. The summed E-state index contributed by atoms with van der Waals surface area (Å²) < 4.78 is 2.58. The summed E-state index contributed by atoms with van der Waals surface area (Å²) in [6.45, 7) is 0. The normalized spacial score (nSPS) is 12.6. The fourth-order valence-corrected chi connectivity index (χ4v) is 11.1. The highest BCUT2D eigenvalue weighted by molar-refractivity contribution is 7.26. The van der Waals surface area contributed by atoms with Crippen LogP contribution in [0.15, 0.2) is 231 Å². The van der Waals surface area contributed by atoms with Crippen molar-refractivity contribution >= 4 is 31.5 Å². The molecule has 1 aliphatic carbocycles. The maximum Gasteiger partial charge on any atom is 0.160 e. The summed E-state index contributed by atoms with van der Waals surface area (Å²) in [5, 5.41) is 2.58. The Morgan fingerprint density at radius 1 is 0.323 bits per heavy atom. The van der Waals surface area contributed by atoms with Gasteiger partial charge in [0.15, 0.2) is 5.82 Å². The minimum absolute atomic E-state index is 0.450. The van der Waals surface area contributed by atoms with Crippen molar-refractivity contribution in [1.82, 2.24) is 9.97 Å². The smallest absolute Gasteiger partial charge is 0.160 e. The molecule has 0 bridgehead atoms. The minimum atomic E-state index is -0.450. The quantitative estimate of drug-likeness (QED) is 0.160. The highest BCUT2D eigenvalue weighted by Gasteiger charge is 2.45. The third-order valence-corrected chi connectivity index (χ3v) is 13.8. The van der Waals surface area contributed by atoms with Gasteiger partial charge in [0.2, 0.25) is 0 Å². The molecule has 62 heavy (non-hydrogen) atoms. The molecule has 1 aliphatic rings. The van der Waals surface area contributed by atoms with E-state index in [1.807, 2.05) is 17.4 Å². The number of nitrogens with zero attached hydrogens (tertiary/aromatic N) is 2. The van der Waals surface area contributed by atoms with Gasteiger partial charge in [0.05, 0.1) is 16.8 Å². The van der Waals surface area contributed by atoms with Crippen LogP contribution in [0.2, 0.25) is 0 Å². The van der Waals surface area contributed by atoms with Crippen LogP contribution in [0.3, 0.4) is 0 Å². The van der Waals surface area contributed by atoms with Crippen LogP contribution in [0.25, 0.3) is 87.5 Å². The van der Waals surface area contributed by atoms with Crippen LogP contribution in [-0.4, -0.2) is 9.97 Å². The standard InChI is InChI=1S/C59H38N2S/c1-3-17-41(18-4-1)58-60-54(38-55(61-58)48-26-8-7-23-45(48)50-28-16-29-51-49-27-11-14-32-56(49)62-57(50)51)40-35-33-39(34-36-40)42-19-15-22-44(37-42)59(43-20-5-2-6-21-43)52-30-12-9-24-46(52)47-25-10-13-31-53(47)59/h1-38H. The Labute approximate surface area is 365 Å². The summed E-state index contributed by atoms with van der Waals surface area (Å²) in [4.78, 5) is 10.5. The number of hydrogen-bond acceptors (Lipinski definition) is 3. The van der Waals surface area contributed by atoms with Crippen molar-refractivity contribution in [2.75, 3.05) is 0 Å². The van der Waals surface area contributed by atoms with E-state index in [1.54, 1.807) is 0 Å². The first-order valence-electron chi connectivity index (χ1n) is 21.1. The number of benzene rings is 9. The van der Waals surface area contributed by atoms with E-state index in [4.69, 9.17) is 9.97 Å². The van der Waals surface area contributed by atoms with Gasteiger partial charge in [0.25, 0.3) is 0 Å². The molecule has 290 valence electrons. The SMILES string of the molecule is c1ccc(-c2nc(-c3ccc(-c4cccc(C5(c6ccccc6)c6ccccc6-c6ccccc65)c4)cc3)cc(-c3ccccc3-c3cccc4c3sc3ccccc34)n2)cc1. The maximum atomic E-state index is 5.28. The van der Waals surface area contributed by atoms with Crippen molar-refractivity contribution in [3.8, 4) is 67.3 Å². The molecular weight excluding hydrogens is 769 g/mol. The van der Waals surface area contributed by atoms with Crippen LogP contribution in [-0.2, 0) is 5.41 Å². The van der Waals surface area contributed by atoms with Crippen molar-refractivity contribution in [2.45, 2.75) is 5.41 Å². The molecule has 11 aromatic rings. The van der Waals surface area contributed by atoms with Crippen molar-refractivity contribution in [2.24, 2.45) is 0 Å². The van der Waals surface area contributed by atoms with Crippen molar-refractivity contribution in [1.29, 1.82) is 0 Å². The van der Waals surface area contributed by atoms with E-state index < -0.39 is 5.41 Å². The van der Waals surface area contributed by atoms with E-state index in [2.05, 4.69) is 224 Å². The Morgan fingerprint density at radius 2 is 0.855 bits per heavy atom. The summed E-state index contributed by atoms with van der Waals surface area (Å²) in [5.41, 5.74) is 16.8. The summed E-state index contributed by atoms with van der Waals surface area (Å²) in [7, 11) is 0. The van der Waals surface area contributed by atoms with Gasteiger partial charge in [-0.2, -0.15) is 0 Å². The zero-order chi connectivity index (χ0) is 41.0. The van der Waals surface area contributed by atoms with Gasteiger partial charge in [-0.3, -0.25) is 0 Å². The highest BCUT2D eigenvalue weighted by atomic mass is 32.1. The summed E-state index contributed by atoms with van der Waals surface area (Å²) in [6, 6.07) is 83.4. The van der Waals surface area contributed by atoms with Gasteiger partial charge in [-0.25, -0.2) is 9.97 Å². The van der Waals surface area contributed by atoms with Crippen LogP contribution in [0.4, 0.5) is 0 Å². The lowest BCUT2D eigenvalue weighted by Crippen LogP contribution is -2.28. The Hall–Kier alpha value is -7.72. The van der Waals surface area contributed by atoms with Gasteiger partial charge in [-0.05, 0) is 68.3 Å². The van der Waals surface area contributed by atoms with E-state index in [-0.39, 0.29) is 0 Å². The molecule has 0 fully saturated rings. The molecule has 0 saturated carbocycles. The lowest BCUT2D eigenvalue weighted by Gasteiger charge is -2.34. The Bertz CT molecular complexity index is 3410. The van der Waals surface area contributed by atoms with Crippen LogP contribution in [0, 0.1) is 0 Å². The second kappa shape index (κ2) is 14.8. The summed E-state index contributed by atoms with van der Waals surface area (Å²) in [5.74, 6) is 0.702. The molecule has 0 N–H and O–H groups in total. The first kappa shape index (κ1) is 36.2. The molecule has 3 heteroatoms. The first-order chi connectivity index (χ1) is 30.7. The number of thiophene rings is 1. The molecule has 0 atom stereocenters. The lowest BCUT2D eigenvalue weighted by atomic mass is 9.67. The van der Waals surface area contributed by atoms with Crippen LogP contribution >= 0.6 is 11.3 Å². The van der Waals surface area contributed by atoms with E-state index in [9.17, 15) is 0 Å². The van der Waals surface area contributed by atoms with E-state index in [0.717, 1.165) is 39.2 Å². The average Bonchev–Trinajstić information content (AvgIpc) is 3.89. The second-order valence-corrected chi connectivity index (χ2v) is 17.1. The van der Waals surface area contributed by atoms with Gasteiger partial charge in [-0.1, -0.05) is 212 Å². The average molecular weight is 807 g/mol. The van der Waals surface area contributed by atoms with Gasteiger partial charge in [-0.15, -0.1) is 11.3 Å². The van der Waals surface area contributed by atoms with E-state index in [0.29, 0.717) is 5.82 Å². The predicted octanol–water partition coefficient (Wildman–Crippen LogP) is 15.5. The number of hydrogen-bond donors (Lipinski definition) is 0. The Morgan fingerprint density at radius 3 is 1.61 bits per heavy atom. The fourth-order valence-electron chi connectivity index (χ4n) is 9.83. The summed E-state index contributed by atoms with van der Waals surface area (Å²) in [6.07, 6.45) is 0. The molecule has 2 aromatic heterocycles. The number of rotatable bonds is 7. The zero-order valence-electron chi connectivity index (χ0n) is 33.7. The lowest BCUT2D eigenvalue weighted by molar-refractivity contribution is 0.769. The molecule has 9 aromatic carbocycles. The maximum absolute atomic E-state index is 5.28. The topological polar surface area (TPSA) is 25.8 Å². The molecule has 0 spiro atoms. The molecule has 2 nitrogen and oxygen atoms in total. The van der Waals surface area contributed by atoms with Gasteiger partial charge in [0, 0.05) is 42.4 Å². The predicted molar refractivity (Wildman–Crippen MR) is 259 cm³/mol. The highest BCUT2D eigenvalue weighted by Crippen LogP contribution is 2.56. The minimum Gasteiger partial charge on any atom is -0.228 e. The van der Waals surface area contributed by atoms with Crippen molar-refractivity contribution < 1.29 is 0 Å². The summed E-state index contributed by atoms with van der Waals surface area (Å²) >= 11 is 1.85. The molecule has 12 rings (SSSR count). The monoisotopic (exact) mass is 806 g/mol. The fraction of sp³-hybridized carbons (Fsp3) is 0.0169. The van der Waals surface area contributed by atoms with E-state index in [1.165, 1.54) is 64.7 Å². The Balaban J connectivity index is 0.972. The second-order valence-electron chi connectivity index (χ2n) is 16.0. The van der Waals surface area contributed by atoms with Gasteiger partial charge in [0.1, 0.15) is 0 Å². The first-order valence-corrected chi connectivity index (χ1v) is 22.0. The largest absolute Gasteiger partial charge is 0.228 e. The van der Waals surface area contributed by atoms with E-state index >= 15 is 0 Å². The Kier molecular flexibility index (Phi) is 8.62. The van der Waals surface area contributed by atoms with Crippen LogP contribution in [0.5, 0.6) is 0 Å². The van der Waals surface area contributed by atoms with Crippen LogP contribution < -0.4 is 0 Å². The van der Waals surface area contributed by atoms with Crippen molar-refractivity contribution in [3.05, 3.63) is 253 Å². The third-order valence-electron chi connectivity index (χ3n) is 12.6. The third kappa shape index (κ3) is 5.78.